The fourth-order valence-electron chi connectivity index (χ4n) is 14.9. The van der Waals surface area contributed by atoms with Crippen molar-refractivity contribution in [3.05, 3.63) is 196 Å². The minimum Gasteiger partial charge on any atom is -0.493 e. The molecule has 0 aromatic heterocycles. The molecular weight excluding hydrogens is 1840 g/mol. The monoisotopic (exact) mass is 1980 g/mol. The van der Waals surface area contributed by atoms with Crippen LogP contribution in [0.2, 0.25) is 0 Å². The molecule has 8 aliphatic rings. The first-order valence-electron chi connectivity index (χ1n) is 45.3. The van der Waals surface area contributed by atoms with Crippen molar-refractivity contribution < 1.29 is 76.9 Å². The summed E-state index contributed by atoms with van der Waals surface area (Å²) < 4.78 is 44.5. The third kappa shape index (κ3) is 47.5. The molecule has 23 nitrogen and oxygen atoms in total. The van der Waals surface area contributed by atoms with Gasteiger partial charge < -0.3 is 65.5 Å². The highest BCUT2D eigenvalue weighted by Crippen LogP contribution is 2.34. The Morgan fingerprint density at radius 2 is 0.752 bits per heavy atom. The number of hydrogen-bond acceptors (Lipinski definition) is 24. The average molecular weight is 1990 g/mol. The maximum Gasteiger partial charge on any atom is 0.315 e. The lowest BCUT2D eigenvalue weighted by Crippen LogP contribution is -2.31. The number of thiol groups is 1. The van der Waals surface area contributed by atoms with Gasteiger partial charge in [-0.3, -0.25) is 39.0 Å². The van der Waals surface area contributed by atoms with Crippen LogP contribution < -0.4 is 46.4 Å². The van der Waals surface area contributed by atoms with E-state index in [1.54, 1.807) is 90.7 Å². The van der Waals surface area contributed by atoms with E-state index in [1.807, 2.05) is 60.7 Å². The van der Waals surface area contributed by atoms with E-state index in [1.165, 1.54) is 218 Å². The Balaban J connectivity index is 0.000000267. The molecule has 710 valence electrons. The molecule has 0 radical (unpaired) electrons. The SMILES string of the molecule is C.C1CCOC1.CCO.COC(=O)CS.COC(=O)CSc1cccc(OCC2CCCCC2)c1.Ic1cccc(OCC2CCCCC2)c1.N/N=N/N.NCCSc1cccc(OCC2CCCCC2)c1.O=C1NC(=O)c2ccccc21.O=C1c2ccccc2C(=O)N1CCSc1cccc(OCC2CCCCC2)c1.OCCSc1cccc(OCC2CCCCC2)c1. The second kappa shape index (κ2) is 70.1. The molecule has 6 fully saturated rings. The first-order valence-corrected chi connectivity index (χ1v) is 50.9. The van der Waals surface area contributed by atoms with Crippen LogP contribution in [0.25, 0.3) is 0 Å². The number of esters is 2. The van der Waals surface area contributed by atoms with Crippen molar-refractivity contribution in [3.8, 4) is 28.7 Å². The van der Waals surface area contributed by atoms with E-state index >= 15 is 0 Å². The van der Waals surface area contributed by atoms with Crippen LogP contribution in [0, 0.1) is 33.2 Å². The number of aliphatic hydroxyl groups is 2. The quantitative estimate of drug-likeness (QED) is 0.00335. The van der Waals surface area contributed by atoms with Gasteiger partial charge in [0.05, 0.1) is 87.6 Å². The van der Waals surface area contributed by atoms with Gasteiger partial charge in [0.15, 0.2) is 0 Å². The van der Waals surface area contributed by atoms with Crippen molar-refractivity contribution in [1.29, 1.82) is 0 Å². The summed E-state index contributed by atoms with van der Waals surface area (Å²) in [6, 6.07) is 54.6. The number of carbonyl (C=O) groups is 6. The normalized spacial score (nSPS) is 15.8. The summed E-state index contributed by atoms with van der Waals surface area (Å²) in [6.45, 7) is 9.52. The Morgan fingerprint density at radius 3 is 1.04 bits per heavy atom. The zero-order valence-electron chi connectivity index (χ0n) is 75.1. The number of carbonyl (C=O) groups excluding carboxylic acids is 6. The zero-order valence-corrected chi connectivity index (χ0v) is 81.4. The van der Waals surface area contributed by atoms with Crippen LogP contribution in [0.1, 0.15) is 229 Å². The van der Waals surface area contributed by atoms with E-state index in [0.717, 1.165) is 121 Å². The van der Waals surface area contributed by atoms with Gasteiger partial charge >= 0.3 is 11.9 Å². The summed E-state index contributed by atoms with van der Waals surface area (Å²) >= 11 is 12.5. The first-order chi connectivity index (χ1) is 62.5. The minimum atomic E-state index is -0.300. The molecule has 5 saturated carbocycles. The smallest absolute Gasteiger partial charge is 0.315 e. The highest BCUT2D eigenvalue weighted by Gasteiger charge is 2.35. The van der Waals surface area contributed by atoms with Gasteiger partial charge in [0, 0.05) is 73.3 Å². The molecule has 0 unspecified atom stereocenters. The molecule has 7 aromatic carbocycles. The lowest BCUT2D eigenvalue weighted by molar-refractivity contribution is -0.138. The molecule has 1 saturated heterocycles. The van der Waals surface area contributed by atoms with Gasteiger partial charge in [0.2, 0.25) is 0 Å². The van der Waals surface area contributed by atoms with Crippen LogP contribution in [0.15, 0.2) is 200 Å². The fourth-order valence-corrected chi connectivity index (χ4v) is 18.7. The topological polar surface area (TPSA) is 335 Å². The maximum absolute atomic E-state index is 12.4. The Morgan fingerprint density at radius 1 is 0.442 bits per heavy atom. The molecule has 0 spiro atoms. The first kappa shape index (κ1) is 112. The molecule has 0 bridgehead atoms. The van der Waals surface area contributed by atoms with Gasteiger partial charge in [-0.2, -0.15) is 12.6 Å². The highest BCUT2D eigenvalue weighted by atomic mass is 127. The average Bonchev–Trinajstić information content (AvgIpc) is 1.58. The Kier molecular flexibility index (Phi) is 60.7. The van der Waals surface area contributed by atoms with Gasteiger partial charge in [-0.05, 0) is 251 Å². The van der Waals surface area contributed by atoms with Gasteiger partial charge in [0.25, 0.3) is 23.6 Å². The Bertz CT molecular complexity index is 4120. The lowest BCUT2D eigenvalue weighted by Gasteiger charge is -2.21. The van der Waals surface area contributed by atoms with Crippen LogP contribution in [0.4, 0.5) is 0 Å². The number of imide groups is 2. The standard InChI is InChI=1S/C23H25NO3S.C16H22O3S.C15H23NOS.C15H22O2S.C13H17IO.C8H5NO2.C4H8O.C3H6O2S.C2H6O.CH4.H4N4/c25-22-20-11-4-5-12-21(20)23(26)24(22)13-14-28-19-10-6-9-18(15-19)27-16-17-7-2-1-3-8-17;1-18-16(17)12-20-15-9-5-8-14(10-15)19-11-13-6-3-2-4-7-13;2*16-9-10-18-15-8-4-7-14(11-15)17-12-13-5-2-1-3-6-13;14-12-7-4-8-13(9-12)15-10-11-5-2-1-3-6-11;10-7-5-3-1-2-4-6(5)8(11)9-7;1-2-4-5-3-1;1-5-3(4)2-6;1-2-3;;1-3-4-2/h4-6,9-12,15,17H,1-3,7-8,13-14,16H2;5,8-10,13H,2-4,6-7,11-12H2,1H3;4,7-8,11,13H,1-3,5-6,9-10,12,16H2;4,7-8,11,13,16H,1-3,5-6,9-10,12H2;4,7-9,11H,1-3,5-6,10H2;1-4H,(H,9,10,11);1-4H2;6H,2H2,1H3;3H,2H2,1H3;1H4;(H2,1,4)(H2,2,3). The number of nitrogens with zero attached hydrogens (tertiary/aromatic N) is 3. The molecule has 7 aromatic rings. The molecule has 15 rings (SSSR count). The fraction of sp³-hybridized carbons (Fsp3) is 0.520. The predicted molar refractivity (Wildman–Crippen MR) is 535 cm³/mol. The second-order valence-corrected chi connectivity index (χ2v) is 37.7. The summed E-state index contributed by atoms with van der Waals surface area (Å²) in [7, 11) is 2.74. The summed E-state index contributed by atoms with van der Waals surface area (Å²) in [5, 5.41) is 23.9. The van der Waals surface area contributed by atoms with Gasteiger partial charge in [-0.25, -0.2) is 0 Å². The molecule has 5 aliphatic carbocycles. The van der Waals surface area contributed by atoms with E-state index < -0.39 is 0 Å². The largest absolute Gasteiger partial charge is 0.493 e. The van der Waals surface area contributed by atoms with E-state index in [9.17, 15) is 28.8 Å². The van der Waals surface area contributed by atoms with Gasteiger partial charge in [-0.1, -0.05) is 169 Å². The molecule has 0 atom stereocenters. The van der Waals surface area contributed by atoms with Crippen molar-refractivity contribution in [2.75, 3.05) is 116 Å². The number of fused-ring (bicyclic) bond motifs is 2. The molecule has 9 N–H and O–H groups in total. The van der Waals surface area contributed by atoms with Gasteiger partial charge in [0.1, 0.15) is 28.7 Å². The summed E-state index contributed by atoms with van der Waals surface area (Å²) in [5.74, 6) is 18.6. The van der Waals surface area contributed by atoms with Crippen LogP contribution in [-0.4, -0.2) is 166 Å². The number of halogens is 1. The lowest BCUT2D eigenvalue weighted by atomic mass is 9.90. The van der Waals surface area contributed by atoms with Crippen molar-refractivity contribution in [2.45, 2.75) is 207 Å². The van der Waals surface area contributed by atoms with Crippen LogP contribution in [0.3, 0.4) is 0 Å². The maximum atomic E-state index is 12.4. The van der Waals surface area contributed by atoms with Crippen molar-refractivity contribution >= 4 is 118 Å². The Labute approximate surface area is 803 Å². The van der Waals surface area contributed by atoms with E-state index in [2.05, 4.69) is 133 Å². The molecule has 3 aliphatic heterocycles. The van der Waals surface area contributed by atoms with Crippen LogP contribution in [-0.2, 0) is 23.8 Å². The zero-order chi connectivity index (χ0) is 91.8. The number of ether oxygens (including phenoxy) is 8. The van der Waals surface area contributed by atoms with Gasteiger partial charge in [-0.15, -0.1) is 47.0 Å². The van der Waals surface area contributed by atoms with E-state index in [0.29, 0.717) is 52.1 Å². The molecular formula is C100H142IN7O16S5. The summed E-state index contributed by atoms with van der Waals surface area (Å²) in [4.78, 5) is 73.6. The number of methoxy groups -OCH3 is 2. The number of benzene rings is 7. The van der Waals surface area contributed by atoms with Crippen LogP contribution >= 0.6 is 82.3 Å². The number of amides is 4. The van der Waals surface area contributed by atoms with Crippen LogP contribution in [0.5, 0.6) is 28.7 Å². The number of nitrogens with two attached hydrogens (primary N) is 3. The van der Waals surface area contributed by atoms with Crippen molar-refractivity contribution in [1.82, 2.24) is 10.2 Å². The Hall–Kier alpha value is -7.72. The predicted octanol–water partition coefficient (Wildman–Crippen LogP) is 21.9. The number of hydrogen-bond donors (Lipinski definition) is 7. The third-order valence-corrected chi connectivity index (χ3v) is 26.6. The molecule has 4 amide bonds. The molecule has 3 heterocycles. The highest BCUT2D eigenvalue weighted by molar-refractivity contribution is 14.1. The van der Waals surface area contributed by atoms with E-state index in [-0.39, 0.29) is 62.0 Å². The number of thioether (sulfide) groups is 4. The number of rotatable bonds is 29. The molecule has 29 heteroatoms. The summed E-state index contributed by atoms with van der Waals surface area (Å²) in [5.41, 5.74) is 7.48. The van der Waals surface area contributed by atoms with Crippen molar-refractivity contribution in [3.63, 3.8) is 0 Å². The molecule has 129 heavy (non-hydrogen) atoms. The van der Waals surface area contributed by atoms with Crippen molar-refractivity contribution in [2.24, 2.45) is 57.5 Å². The number of aliphatic hydroxyl groups excluding tert-OH is 2. The minimum absolute atomic E-state index is 0. The number of nitrogens with one attached hydrogen (secondary N) is 1. The van der Waals surface area contributed by atoms with E-state index in [4.69, 9.17) is 44.4 Å². The summed E-state index contributed by atoms with van der Waals surface area (Å²) in [6.07, 6.45) is 36.2. The third-order valence-electron chi connectivity index (χ3n) is 21.8. The second-order valence-electron chi connectivity index (χ2n) is 31.6.